The number of hydrogen-bond acceptors (Lipinski definition) is 3. The maximum Gasteiger partial charge on any atom is 0.268 e. The van der Waals surface area contributed by atoms with Crippen LogP contribution in [0.1, 0.15) is 29.7 Å². The van der Waals surface area contributed by atoms with Crippen molar-refractivity contribution in [2.75, 3.05) is 0 Å². The monoisotopic (exact) mass is 243 g/mol. The van der Waals surface area contributed by atoms with Gasteiger partial charge in [0.1, 0.15) is 0 Å². The number of aromatic nitrogens is 2. The summed E-state index contributed by atoms with van der Waals surface area (Å²) >= 11 is 0. The van der Waals surface area contributed by atoms with Crippen LogP contribution in [0.25, 0.3) is 11.3 Å². The van der Waals surface area contributed by atoms with Crippen molar-refractivity contribution in [2.24, 2.45) is 5.73 Å². The van der Waals surface area contributed by atoms with Crippen LogP contribution in [0.4, 0.5) is 0 Å². The SMILES string of the molecule is Cc1ccc(C)c(-c2cc(C(C)N)c(=O)[nH]n2)c1. The lowest BCUT2D eigenvalue weighted by molar-refractivity contribution is 0.785. The Balaban J connectivity index is 2.61. The van der Waals surface area contributed by atoms with E-state index in [9.17, 15) is 4.79 Å². The fourth-order valence-electron chi connectivity index (χ4n) is 1.91. The molecule has 1 unspecified atom stereocenters. The van der Waals surface area contributed by atoms with Crippen LogP contribution in [0.2, 0.25) is 0 Å². The second-order valence-corrected chi connectivity index (χ2v) is 4.64. The van der Waals surface area contributed by atoms with Crippen LogP contribution in [-0.2, 0) is 0 Å². The van der Waals surface area contributed by atoms with Crippen LogP contribution < -0.4 is 11.3 Å². The Morgan fingerprint density at radius 2 is 2.00 bits per heavy atom. The summed E-state index contributed by atoms with van der Waals surface area (Å²) in [7, 11) is 0. The van der Waals surface area contributed by atoms with Gasteiger partial charge in [-0.05, 0) is 38.5 Å². The zero-order valence-corrected chi connectivity index (χ0v) is 10.8. The van der Waals surface area contributed by atoms with Gasteiger partial charge in [0, 0.05) is 17.2 Å². The smallest absolute Gasteiger partial charge is 0.268 e. The molecule has 0 saturated carbocycles. The average molecular weight is 243 g/mol. The van der Waals surface area contributed by atoms with Gasteiger partial charge in [-0.15, -0.1) is 0 Å². The predicted octanol–water partition coefficient (Wildman–Crippen LogP) is 2.07. The highest BCUT2D eigenvalue weighted by molar-refractivity contribution is 5.64. The van der Waals surface area contributed by atoms with Crippen molar-refractivity contribution in [2.45, 2.75) is 26.8 Å². The number of nitrogens with two attached hydrogens (primary N) is 1. The highest BCUT2D eigenvalue weighted by atomic mass is 16.1. The van der Waals surface area contributed by atoms with Crippen molar-refractivity contribution in [1.29, 1.82) is 0 Å². The molecule has 0 spiro atoms. The number of aryl methyl sites for hydroxylation is 2. The number of H-pyrrole nitrogens is 1. The summed E-state index contributed by atoms with van der Waals surface area (Å²) in [5, 5.41) is 6.61. The molecule has 0 radical (unpaired) electrons. The topological polar surface area (TPSA) is 71.8 Å². The Bertz CT molecular complexity index is 629. The molecule has 1 heterocycles. The highest BCUT2D eigenvalue weighted by Crippen LogP contribution is 2.22. The van der Waals surface area contributed by atoms with E-state index in [1.165, 1.54) is 0 Å². The van der Waals surface area contributed by atoms with Crippen LogP contribution in [0.15, 0.2) is 29.1 Å². The fraction of sp³-hybridized carbons (Fsp3) is 0.286. The largest absolute Gasteiger partial charge is 0.324 e. The molecule has 1 atom stereocenters. The minimum atomic E-state index is -0.305. The number of nitrogens with zero attached hydrogens (tertiary/aromatic N) is 1. The van der Waals surface area contributed by atoms with Crippen molar-refractivity contribution < 1.29 is 0 Å². The summed E-state index contributed by atoms with van der Waals surface area (Å²) in [4.78, 5) is 11.6. The summed E-state index contributed by atoms with van der Waals surface area (Å²) in [5.74, 6) is 0. The molecule has 0 bridgehead atoms. The Morgan fingerprint density at radius 3 is 2.67 bits per heavy atom. The van der Waals surface area contributed by atoms with E-state index in [0.717, 1.165) is 22.4 Å². The third-order valence-electron chi connectivity index (χ3n) is 2.99. The molecule has 94 valence electrons. The molecule has 3 N–H and O–H groups in total. The molecule has 1 aromatic heterocycles. The third-order valence-corrected chi connectivity index (χ3v) is 2.99. The number of hydrogen-bond donors (Lipinski definition) is 2. The van der Waals surface area contributed by atoms with Crippen molar-refractivity contribution in [3.63, 3.8) is 0 Å². The van der Waals surface area contributed by atoms with Crippen molar-refractivity contribution in [1.82, 2.24) is 10.2 Å². The fourth-order valence-corrected chi connectivity index (χ4v) is 1.91. The predicted molar refractivity (Wildman–Crippen MR) is 72.4 cm³/mol. The maximum absolute atomic E-state index is 11.6. The van der Waals surface area contributed by atoms with Gasteiger partial charge in [0.15, 0.2) is 0 Å². The quantitative estimate of drug-likeness (QED) is 0.848. The van der Waals surface area contributed by atoms with E-state index in [4.69, 9.17) is 5.73 Å². The van der Waals surface area contributed by atoms with E-state index < -0.39 is 0 Å². The van der Waals surface area contributed by atoms with Gasteiger partial charge in [0.05, 0.1) is 5.69 Å². The Labute approximate surface area is 106 Å². The molecular weight excluding hydrogens is 226 g/mol. The summed E-state index contributed by atoms with van der Waals surface area (Å²) in [6.45, 7) is 5.84. The highest BCUT2D eigenvalue weighted by Gasteiger charge is 2.10. The summed E-state index contributed by atoms with van der Waals surface area (Å²) in [6.07, 6.45) is 0. The Hall–Kier alpha value is -1.94. The maximum atomic E-state index is 11.6. The van der Waals surface area contributed by atoms with Crippen LogP contribution in [0.3, 0.4) is 0 Å². The molecule has 2 aromatic rings. The molecule has 2 rings (SSSR count). The third kappa shape index (κ3) is 2.33. The van der Waals surface area contributed by atoms with Crippen molar-refractivity contribution in [3.8, 4) is 11.3 Å². The van der Waals surface area contributed by atoms with Crippen molar-refractivity contribution in [3.05, 3.63) is 51.3 Å². The van der Waals surface area contributed by atoms with E-state index in [2.05, 4.69) is 22.3 Å². The van der Waals surface area contributed by atoms with Crippen molar-refractivity contribution >= 4 is 0 Å². The number of rotatable bonds is 2. The number of aromatic amines is 1. The van der Waals surface area contributed by atoms with Gasteiger partial charge >= 0.3 is 0 Å². The second kappa shape index (κ2) is 4.74. The normalized spacial score (nSPS) is 12.4. The van der Waals surface area contributed by atoms with Crippen LogP contribution in [-0.4, -0.2) is 10.2 Å². The first-order chi connectivity index (χ1) is 8.49. The summed E-state index contributed by atoms with van der Waals surface area (Å²) in [5.41, 5.74) is 10.2. The Morgan fingerprint density at radius 1 is 1.28 bits per heavy atom. The molecule has 18 heavy (non-hydrogen) atoms. The summed E-state index contributed by atoms with van der Waals surface area (Å²) < 4.78 is 0. The molecule has 0 fully saturated rings. The van der Waals surface area contributed by atoms with Crippen LogP contribution >= 0.6 is 0 Å². The number of benzene rings is 1. The lowest BCUT2D eigenvalue weighted by atomic mass is 10.0. The second-order valence-electron chi connectivity index (χ2n) is 4.64. The van der Waals surface area contributed by atoms with Gasteiger partial charge in [0.2, 0.25) is 0 Å². The molecule has 4 heteroatoms. The van der Waals surface area contributed by atoms with Gasteiger partial charge in [-0.25, -0.2) is 5.10 Å². The van der Waals surface area contributed by atoms with E-state index >= 15 is 0 Å². The summed E-state index contributed by atoms with van der Waals surface area (Å²) in [6, 6.07) is 7.62. The first-order valence-corrected chi connectivity index (χ1v) is 5.92. The molecule has 4 nitrogen and oxygen atoms in total. The molecule has 0 aliphatic carbocycles. The van der Waals surface area contributed by atoms with Gasteiger partial charge in [0.25, 0.3) is 5.56 Å². The van der Waals surface area contributed by atoms with E-state index in [1.807, 2.05) is 19.9 Å². The first kappa shape index (κ1) is 12.5. The van der Waals surface area contributed by atoms with Gasteiger partial charge < -0.3 is 5.73 Å². The molecular formula is C14H17N3O. The zero-order chi connectivity index (χ0) is 13.3. The van der Waals surface area contributed by atoms with Gasteiger partial charge in [-0.2, -0.15) is 5.10 Å². The lowest BCUT2D eigenvalue weighted by Gasteiger charge is -2.09. The minimum absolute atomic E-state index is 0.223. The van der Waals surface area contributed by atoms with E-state index in [1.54, 1.807) is 13.0 Å². The van der Waals surface area contributed by atoms with E-state index in [-0.39, 0.29) is 11.6 Å². The molecule has 0 saturated heterocycles. The molecule has 1 aromatic carbocycles. The van der Waals surface area contributed by atoms with Gasteiger partial charge in [-0.1, -0.05) is 17.7 Å². The zero-order valence-electron chi connectivity index (χ0n) is 10.8. The first-order valence-electron chi connectivity index (χ1n) is 5.92. The van der Waals surface area contributed by atoms with Gasteiger partial charge in [-0.3, -0.25) is 4.79 Å². The van der Waals surface area contributed by atoms with E-state index in [0.29, 0.717) is 5.56 Å². The number of nitrogens with one attached hydrogen (secondary N) is 1. The average Bonchev–Trinajstić information content (AvgIpc) is 2.33. The minimum Gasteiger partial charge on any atom is -0.324 e. The molecule has 0 amide bonds. The lowest BCUT2D eigenvalue weighted by Crippen LogP contribution is -2.20. The van der Waals surface area contributed by atoms with Crippen LogP contribution in [0.5, 0.6) is 0 Å². The molecule has 0 aliphatic heterocycles. The molecule has 0 aliphatic rings. The standard InChI is InChI=1S/C14H17N3O/c1-8-4-5-9(2)11(6-8)13-7-12(10(3)15)14(18)17-16-13/h4-7,10H,15H2,1-3H3,(H,17,18). The Kier molecular flexibility index (Phi) is 3.30. The van der Waals surface area contributed by atoms with Crippen LogP contribution in [0, 0.1) is 13.8 Å².